The highest BCUT2D eigenvalue weighted by atomic mass is 19.1. The summed E-state index contributed by atoms with van der Waals surface area (Å²) < 4.78 is 21.0. The van der Waals surface area contributed by atoms with E-state index < -0.39 is 0 Å². The van der Waals surface area contributed by atoms with Crippen molar-refractivity contribution in [2.24, 2.45) is 0 Å². The van der Waals surface area contributed by atoms with Crippen molar-refractivity contribution in [1.29, 1.82) is 0 Å². The Morgan fingerprint density at radius 1 is 1.05 bits per heavy atom. The first kappa shape index (κ1) is 24.1. The Morgan fingerprint density at radius 3 is 2.79 bits per heavy atom. The number of aromatic nitrogens is 3. The fourth-order valence-electron chi connectivity index (χ4n) is 6.06. The number of benzene rings is 1. The number of anilines is 3. The van der Waals surface area contributed by atoms with E-state index in [9.17, 15) is 9.18 Å². The van der Waals surface area contributed by atoms with Crippen molar-refractivity contribution in [2.75, 3.05) is 49.6 Å². The van der Waals surface area contributed by atoms with Crippen molar-refractivity contribution in [2.45, 2.75) is 25.4 Å². The molecular weight excluding hydrogens is 497 g/mol. The van der Waals surface area contributed by atoms with Gasteiger partial charge in [0.05, 0.1) is 48.2 Å². The van der Waals surface area contributed by atoms with Gasteiger partial charge in [0.1, 0.15) is 17.3 Å². The number of carbonyl (C=O) groups excluding carboxylic acids is 1. The van der Waals surface area contributed by atoms with E-state index in [1.165, 1.54) is 18.6 Å². The van der Waals surface area contributed by atoms with Crippen LogP contribution in [0.3, 0.4) is 0 Å². The molecule has 0 bridgehead atoms. The number of nitrogens with zero attached hydrogens (tertiary/aromatic N) is 5. The zero-order valence-electron chi connectivity index (χ0n) is 21.6. The van der Waals surface area contributed by atoms with Gasteiger partial charge >= 0.3 is 0 Å². The summed E-state index contributed by atoms with van der Waals surface area (Å²) in [4.78, 5) is 26.9. The number of fused-ring (bicyclic) bond motifs is 2. The number of imidazole rings is 1. The quantitative estimate of drug-likeness (QED) is 0.408. The van der Waals surface area contributed by atoms with Gasteiger partial charge in [0.15, 0.2) is 0 Å². The minimum absolute atomic E-state index is 0.131. The van der Waals surface area contributed by atoms with Crippen LogP contribution in [0.25, 0.3) is 16.9 Å². The first-order chi connectivity index (χ1) is 19.1. The third-order valence-electron chi connectivity index (χ3n) is 8.05. The Morgan fingerprint density at radius 2 is 1.95 bits per heavy atom. The second kappa shape index (κ2) is 9.94. The van der Waals surface area contributed by atoms with Crippen molar-refractivity contribution < 1.29 is 13.9 Å². The van der Waals surface area contributed by atoms with Crippen molar-refractivity contribution in [3.63, 3.8) is 0 Å². The van der Waals surface area contributed by atoms with Gasteiger partial charge in [0.2, 0.25) is 0 Å². The Hall–Kier alpha value is -4.02. The van der Waals surface area contributed by atoms with Crippen molar-refractivity contribution in [3.05, 3.63) is 71.9 Å². The smallest absolute Gasteiger partial charge is 0.254 e. The number of rotatable bonds is 5. The molecule has 200 valence electrons. The van der Waals surface area contributed by atoms with Crippen LogP contribution in [0.2, 0.25) is 0 Å². The van der Waals surface area contributed by atoms with E-state index in [1.807, 2.05) is 28.8 Å². The Kier molecular flexibility index (Phi) is 6.13. The van der Waals surface area contributed by atoms with Gasteiger partial charge in [0.25, 0.3) is 5.91 Å². The Labute approximate surface area is 225 Å². The van der Waals surface area contributed by atoms with E-state index in [0.29, 0.717) is 35.3 Å². The predicted octanol–water partition coefficient (Wildman–Crippen LogP) is 3.82. The molecule has 39 heavy (non-hydrogen) atoms. The monoisotopic (exact) mass is 527 g/mol. The van der Waals surface area contributed by atoms with Gasteiger partial charge in [-0.2, -0.15) is 0 Å². The van der Waals surface area contributed by atoms with E-state index in [0.717, 1.165) is 68.3 Å². The van der Waals surface area contributed by atoms with Crippen LogP contribution in [0.5, 0.6) is 0 Å². The third-order valence-corrected chi connectivity index (χ3v) is 8.05. The number of hydrogen-bond acceptors (Lipinski definition) is 7. The second-order valence-electron chi connectivity index (χ2n) is 10.3. The molecule has 2 N–H and O–H groups in total. The van der Waals surface area contributed by atoms with Gasteiger partial charge < -0.3 is 20.3 Å². The first-order valence-corrected chi connectivity index (χ1v) is 13.5. The topological polar surface area (TPSA) is 87.0 Å². The lowest BCUT2D eigenvalue weighted by Crippen LogP contribution is -2.51. The maximum Gasteiger partial charge on any atom is 0.254 e. The molecule has 0 aliphatic carbocycles. The summed E-state index contributed by atoms with van der Waals surface area (Å²) in [6.45, 7) is 6.09. The maximum atomic E-state index is 13.7. The Balaban J connectivity index is 1.12. The number of morpholine rings is 1. The molecule has 6 heterocycles. The van der Waals surface area contributed by atoms with Gasteiger partial charge in [0, 0.05) is 56.6 Å². The number of halogens is 1. The van der Waals surface area contributed by atoms with Gasteiger partial charge in [-0.1, -0.05) is 6.07 Å². The molecule has 0 spiro atoms. The third kappa shape index (κ3) is 4.49. The Bertz CT molecular complexity index is 1530. The molecule has 2 fully saturated rings. The van der Waals surface area contributed by atoms with E-state index in [2.05, 4.69) is 31.5 Å². The van der Waals surface area contributed by atoms with Crippen LogP contribution in [-0.4, -0.2) is 70.6 Å². The van der Waals surface area contributed by atoms with E-state index in [1.54, 1.807) is 12.4 Å². The molecule has 1 atom stereocenters. The minimum atomic E-state index is -0.336. The number of pyridine rings is 2. The number of amides is 1. The predicted molar refractivity (Wildman–Crippen MR) is 147 cm³/mol. The number of hydrogen-bond donors (Lipinski definition) is 2. The van der Waals surface area contributed by atoms with Crippen LogP contribution < -0.4 is 15.5 Å². The molecule has 3 aromatic heterocycles. The number of nitrogens with one attached hydrogen (secondary N) is 2. The molecular formula is C29H30FN7O2. The van der Waals surface area contributed by atoms with E-state index >= 15 is 0 Å². The number of piperidine rings is 1. The summed E-state index contributed by atoms with van der Waals surface area (Å²) in [7, 11) is 0. The summed E-state index contributed by atoms with van der Waals surface area (Å²) in [6, 6.07) is 11.3. The van der Waals surface area contributed by atoms with Gasteiger partial charge in [-0.05, 0) is 42.7 Å². The van der Waals surface area contributed by atoms with Crippen molar-refractivity contribution in [3.8, 4) is 11.3 Å². The highest BCUT2D eigenvalue weighted by molar-refractivity contribution is 6.06. The SMILES string of the molecule is O=C1NCc2c(-c3cnc4cc(F)ccn34)ccc(Nc3ccc(N4CCC[C@@H](N5CCOCC5)C4)cn3)c21. The van der Waals surface area contributed by atoms with E-state index in [-0.39, 0.29) is 11.7 Å². The maximum absolute atomic E-state index is 13.7. The normalized spacial score (nSPS) is 19.8. The van der Waals surface area contributed by atoms with Gasteiger partial charge in [-0.3, -0.25) is 14.1 Å². The van der Waals surface area contributed by atoms with Crippen LogP contribution in [0, 0.1) is 5.82 Å². The lowest BCUT2D eigenvalue weighted by Gasteiger charge is -2.41. The highest BCUT2D eigenvalue weighted by Crippen LogP contribution is 2.35. The zero-order valence-corrected chi connectivity index (χ0v) is 21.6. The van der Waals surface area contributed by atoms with Crippen LogP contribution in [-0.2, 0) is 11.3 Å². The molecule has 10 heteroatoms. The van der Waals surface area contributed by atoms with Crippen LogP contribution in [0.15, 0.2) is 55.0 Å². The second-order valence-corrected chi connectivity index (χ2v) is 10.3. The van der Waals surface area contributed by atoms with Crippen molar-refractivity contribution in [1.82, 2.24) is 24.6 Å². The molecule has 4 aromatic rings. The van der Waals surface area contributed by atoms with Crippen LogP contribution in [0.4, 0.5) is 21.6 Å². The van der Waals surface area contributed by atoms with Gasteiger partial charge in [-0.15, -0.1) is 0 Å². The molecule has 1 amide bonds. The summed E-state index contributed by atoms with van der Waals surface area (Å²) in [5.74, 6) is 0.214. The molecule has 2 saturated heterocycles. The summed E-state index contributed by atoms with van der Waals surface area (Å²) in [5, 5.41) is 6.30. The number of carbonyl (C=O) groups is 1. The molecule has 3 aliphatic rings. The summed E-state index contributed by atoms with van der Waals surface area (Å²) >= 11 is 0. The average molecular weight is 528 g/mol. The molecule has 3 aliphatic heterocycles. The fourth-order valence-corrected chi connectivity index (χ4v) is 6.06. The molecule has 1 aromatic carbocycles. The number of ether oxygens (including phenoxy) is 1. The van der Waals surface area contributed by atoms with Crippen molar-refractivity contribution >= 4 is 28.7 Å². The lowest BCUT2D eigenvalue weighted by molar-refractivity contribution is 0.0137. The zero-order chi connectivity index (χ0) is 26.3. The first-order valence-electron chi connectivity index (χ1n) is 13.5. The molecule has 7 rings (SSSR count). The highest BCUT2D eigenvalue weighted by Gasteiger charge is 2.28. The van der Waals surface area contributed by atoms with Crippen LogP contribution >= 0.6 is 0 Å². The molecule has 0 unspecified atom stereocenters. The standard InChI is InChI=1S/C29H30FN7O2/c30-19-7-9-37-25(17-32-27(37)14-19)22-4-5-24(28-23(22)16-33-29(28)38)34-26-6-3-20(15-31-26)36-8-1-2-21(18-36)35-10-12-39-13-11-35/h3-7,9,14-15,17,21H,1-2,8,10-13,16,18H2,(H,31,34)(H,33,38)/t21-/m1/s1. The molecule has 0 radical (unpaired) electrons. The van der Waals surface area contributed by atoms with E-state index in [4.69, 9.17) is 9.72 Å². The summed E-state index contributed by atoms with van der Waals surface area (Å²) in [5.41, 5.74) is 5.51. The minimum Gasteiger partial charge on any atom is -0.379 e. The van der Waals surface area contributed by atoms with Crippen LogP contribution in [0.1, 0.15) is 28.8 Å². The molecule has 9 nitrogen and oxygen atoms in total. The molecule has 0 saturated carbocycles. The lowest BCUT2D eigenvalue weighted by atomic mass is 9.99. The van der Waals surface area contributed by atoms with Gasteiger partial charge in [-0.25, -0.2) is 14.4 Å². The average Bonchev–Trinajstić information content (AvgIpc) is 3.58. The largest absolute Gasteiger partial charge is 0.379 e. The fraction of sp³-hybridized carbons (Fsp3) is 0.345. The summed E-state index contributed by atoms with van der Waals surface area (Å²) in [6.07, 6.45) is 7.67.